The maximum absolute atomic E-state index is 13.6. The molecule has 1 aliphatic carbocycles. The number of rotatable bonds is 5. The fourth-order valence-electron chi connectivity index (χ4n) is 3.94. The van der Waals surface area contributed by atoms with Crippen LogP contribution in [0.25, 0.3) is 10.9 Å². The van der Waals surface area contributed by atoms with Crippen LogP contribution in [0.1, 0.15) is 36.9 Å². The number of halogens is 1. The molecule has 0 bridgehead atoms. The summed E-state index contributed by atoms with van der Waals surface area (Å²) in [4.78, 5) is 15.8. The van der Waals surface area contributed by atoms with E-state index in [0.29, 0.717) is 6.04 Å². The van der Waals surface area contributed by atoms with Crippen LogP contribution in [0.15, 0.2) is 42.5 Å². The van der Waals surface area contributed by atoms with Gasteiger partial charge in [-0.25, -0.2) is 4.39 Å². The summed E-state index contributed by atoms with van der Waals surface area (Å²) < 4.78 is 13.6. The largest absolute Gasteiger partial charge is 0.382 e. The van der Waals surface area contributed by atoms with E-state index in [-0.39, 0.29) is 18.1 Å². The van der Waals surface area contributed by atoms with Gasteiger partial charge in [0.05, 0.1) is 6.42 Å². The van der Waals surface area contributed by atoms with E-state index in [1.54, 1.807) is 6.07 Å². The van der Waals surface area contributed by atoms with Crippen molar-refractivity contribution in [2.24, 2.45) is 0 Å². The zero-order valence-electron chi connectivity index (χ0n) is 15.4. The average molecular weight is 365 g/mol. The Morgan fingerprint density at radius 2 is 1.93 bits per heavy atom. The van der Waals surface area contributed by atoms with Crippen molar-refractivity contribution in [2.75, 3.05) is 10.6 Å². The standard InChI is InChI=1S/C22H24FN3O/c1-14-19(20-11-15(23)9-10-21(20)24-14)13-22(27)26-18-8-4-7-17(12-18)25-16-5-2-3-6-16/h4,7-12,16,24-25H,2-3,5-6,13H2,1H3,(H,26,27). The fraction of sp³-hybridized carbons (Fsp3) is 0.318. The first-order valence-corrected chi connectivity index (χ1v) is 9.51. The van der Waals surface area contributed by atoms with Crippen molar-refractivity contribution in [3.8, 4) is 0 Å². The molecular weight excluding hydrogens is 341 g/mol. The molecule has 0 aliphatic heterocycles. The molecule has 4 rings (SSSR count). The Morgan fingerprint density at radius 3 is 2.74 bits per heavy atom. The lowest BCUT2D eigenvalue weighted by Crippen LogP contribution is -2.16. The molecule has 4 nitrogen and oxygen atoms in total. The Balaban J connectivity index is 1.47. The van der Waals surface area contributed by atoms with Crippen LogP contribution in [0.3, 0.4) is 0 Å². The lowest BCUT2D eigenvalue weighted by molar-refractivity contribution is -0.115. The van der Waals surface area contributed by atoms with Crippen LogP contribution in [0.4, 0.5) is 15.8 Å². The summed E-state index contributed by atoms with van der Waals surface area (Å²) >= 11 is 0. The van der Waals surface area contributed by atoms with Crippen LogP contribution in [0, 0.1) is 12.7 Å². The number of anilines is 2. The van der Waals surface area contributed by atoms with Gasteiger partial charge >= 0.3 is 0 Å². The third-order valence-corrected chi connectivity index (χ3v) is 5.29. The molecule has 1 saturated carbocycles. The number of fused-ring (bicyclic) bond motifs is 1. The summed E-state index contributed by atoms with van der Waals surface area (Å²) in [5, 5.41) is 7.27. The molecule has 1 aliphatic rings. The molecule has 1 amide bonds. The fourth-order valence-corrected chi connectivity index (χ4v) is 3.94. The van der Waals surface area contributed by atoms with Crippen molar-refractivity contribution >= 4 is 28.2 Å². The summed E-state index contributed by atoms with van der Waals surface area (Å²) in [6.45, 7) is 1.91. The van der Waals surface area contributed by atoms with E-state index in [2.05, 4.69) is 15.6 Å². The summed E-state index contributed by atoms with van der Waals surface area (Å²) in [6.07, 6.45) is 5.16. The molecule has 2 aromatic carbocycles. The number of hydrogen-bond acceptors (Lipinski definition) is 2. The minimum absolute atomic E-state index is 0.110. The van der Waals surface area contributed by atoms with E-state index in [4.69, 9.17) is 0 Å². The lowest BCUT2D eigenvalue weighted by Gasteiger charge is -2.14. The number of aromatic nitrogens is 1. The highest BCUT2D eigenvalue weighted by Gasteiger charge is 2.16. The number of aromatic amines is 1. The Kier molecular flexibility index (Phi) is 4.84. The van der Waals surface area contributed by atoms with Gasteiger partial charge in [-0.3, -0.25) is 4.79 Å². The summed E-state index contributed by atoms with van der Waals surface area (Å²) in [5.41, 5.74) is 4.38. The van der Waals surface area contributed by atoms with Crippen LogP contribution < -0.4 is 10.6 Å². The maximum Gasteiger partial charge on any atom is 0.228 e. The second-order valence-corrected chi connectivity index (χ2v) is 7.35. The number of nitrogens with one attached hydrogen (secondary N) is 3. The van der Waals surface area contributed by atoms with E-state index in [1.807, 2.05) is 31.2 Å². The second kappa shape index (κ2) is 7.43. The molecule has 0 unspecified atom stereocenters. The maximum atomic E-state index is 13.6. The van der Waals surface area contributed by atoms with E-state index in [1.165, 1.54) is 37.8 Å². The first-order valence-electron chi connectivity index (χ1n) is 9.51. The first kappa shape index (κ1) is 17.6. The van der Waals surface area contributed by atoms with E-state index >= 15 is 0 Å². The second-order valence-electron chi connectivity index (χ2n) is 7.35. The first-order chi connectivity index (χ1) is 13.1. The predicted molar refractivity (Wildman–Crippen MR) is 108 cm³/mol. The van der Waals surface area contributed by atoms with E-state index in [9.17, 15) is 9.18 Å². The topological polar surface area (TPSA) is 56.9 Å². The van der Waals surface area contributed by atoms with Gasteiger partial charge in [0.15, 0.2) is 0 Å². The lowest BCUT2D eigenvalue weighted by atomic mass is 10.1. The van der Waals surface area contributed by atoms with Gasteiger partial charge < -0.3 is 15.6 Å². The van der Waals surface area contributed by atoms with Crippen molar-refractivity contribution in [3.05, 3.63) is 59.5 Å². The molecule has 27 heavy (non-hydrogen) atoms. The summed E-state index contributed by atoms with van der Waals surface area (Å²) in [6, 6.07) is 13.0. The molecule has 3 N–H and O–H groups in total. The minimum Gasteiger partial charge on any atom is -0.382 e. The Hall–Kier alpha value is -2.82. The zero-order chi connectivity index (χ0) is 18.8. The van der Waals surface area contributed by atoms with Gasteiger partial charge in [0.25, 0.3) is 0 Å². The molecule has 5 heteroatoms. The monoisotopic (exact) mass is 365 g/mol. The normalized spacial score (nSPS) is 14.6. The van der Waals surface area contributed by atoms with Crippen molar-refractivity contribution in [1.82, 2.24) is 4.98 Å². The predicted octanol–water partition coefficient (Wildman–Crippen LogP) is 5.15. The van der Waals surface area contributed by atoms with E-state index in [0.717, 1.165) is 33.5 Å². The number of H-pyrrole nitrogens is 1. The van der Waals surface area contributed by atoms with Crippen molar-refractivity contribution in [1.29, 1.82) is 0 Å². The van der Waals surface area contributed by atoms with Crippen LogP contribution in [0.2, 0.25) is 0 Å². The summed E-state index contributed by atoms with van der Waals surface area (Å²) in [5.74, 6) is -0.407. The summed E-state index contributed by atoms with van der Waals surface area (Å²) in [7, 11) is 0. The number of carbonyl (C=O) groups is 1. The van der Waals surface area contributed by atoms with Crippen molar-refractivity contribution in [2.45, 2.75) is 45.1 Å². The molecule has 1 heterocycles. The molecule has 3 aromatic rings. The van der Waals surface area contributed by atoms with Gasteiger partial charge in [0.1, 0.15) is 5.82 Å². The molecular formula is C22H24FN3O. The van der Waals surface area contributed by atoms with Gasteiger partial charge in [-0.2, -0.15) is 0 Å². The van der Waals surface area contributed by atoms with Gasteiger partial charge in [0.2, 0.25) is 5.91 Å². The molecule has 0 radical (unpaired) electrons. The van der Waals surface area contributed by atoms with Crippen LogP contribution in [0.5, 0.6) is 0 Å². The van der Waals surface area contributed by atoms with Gasteiger partial charge in [0, 0.05) is 34.0 Å². The third kappa shape index (κ3) is 3.97. The number of hydrogen-bond donors (Lipinski definition) is 3. The van der Waals surface area contributed by atoms with Crippen LogP contribution in [-0.4, -0.2) is 16.9 Å². The number of aryl methyl sites for hydroxylation is 1. The molecule has 0 spiro atoms. The van der Waals surface area contributed by atoms with E-state index < -0.39 is 0 Å². The third-order valence-electron chi connectivity index (χ3n) is 5.29. The Labute approximate surface area is 158 Å². The smallest absolute Gasteiger partial charge is 0.228 e. The van der Waals surface area contributed by atoms with Gasteiger partial charge in [-0.15, -0.1) is 0 Å². The molecule has 1 aromatic heterocycles. The Bertz CT molecular complexity index is 973. The minimum atomic E-state index is -0.297. The van der Waals surface area contributed by atoms with Crippen molar-refractivity contribution < 1.29 is 9.18 Å². The molecule has 140 valence electrons. The zero-order valence-corrected chi connectivity index (χ0v) is 15.4. The molecule has 0 atom stereocenters. The van der Waals surface area contributed by atoms with Crippen molar-refractivity contribution in [3.63, 3.8) is 0 Å². The highest BCUT2D eigenvalue weighted by atomic mass is 19.1. The van der Waals surface area contributed by atoms with Gasteiger partial charge in [-0.1, -0.05) is 18.9 Å². The SMILES string of the molecule is Cc1[nH]c2ccc(F)cc2c1CC(=O)Nc1cccc(NC2CCCC2)c1. The number of amides is 1. The Morgan fingerprint density at radius 1 is 1.15 bits per heavy atom. The highest BCUT2D eigenvalue weighted by Crippen LogP contribution is 2.25. The quantitative estimate of drug-likeness (QED) is 0.585. The van der Waals surface area contributed by atoms with Crippen LogP contribution >= 0.6 is 0 Å². The molecule has 0 saturated heterocycles. The van der Waals surface area contributed by atoms with Crippen LogP contribution in [-0.2, 0) is 11.2 Å². The number of carbonyl (C=O) groups excluding carboxylic acids is 1. The highest BCUT2D eigenvalue weighted by molar-refractivity contribution is 5.96. The number of benzene rings is 2. The molecule has 1 fully saturated rings. The van der Waals surface area contributed by atoms with Gasteiger partial charge in [-0.05, 0) is 61.7 Å². The average Bonchev–Trinajstić information content (AvgIpc) is 3.24.